The summed E-state index contributed by atoms with van der Waals surface area (Å²) in [7, 11) is 0. The third-order valence-corrected chi connectivity index (χ3v) is 4.23. The highest BCUT2D eigenvalue weighted by atomic mass is 35.5. The lowest BCUT2D eigenvalue weighted by molar-refractivity contribution is -0.119. The van der Waals surface area contributed by atoms with Crippen LogP contribution >= 0.6 is 23.4 Å². The number of hydrogen-bond donors (Lipinski definition) is 2. The molecule has 2 N–H and O–H groups in total. The van der Waals surface area contributed by atoms with E-state index in [-0.39, 0.29) is 18.1 Å². The summed E-state index contributed by atoms with van der Waals surface area (Å²) in [6.07, 6.45) is 1.77. The van der Waals surface area contributed by atoms with Crippen LogP contribution in [0.1, 0.15) is 18.4 Å². The highest BCUT2D eigenvalue weighted by Gasteiger charge is 2.43. The zero-order valence-electron chi connectivity index (χ0n) is 9.99. The third-order valence-electron chi connectivity index (χ3n) is 2.98. The molecule has 5 heteroatoms. The summed E-state index contributed by atoms with van der Waals surface area (Å²) in [5.41, 5.74) is 0.846. The summed E-state index contributed by atoms with van der Waals surface area (Å²) in [5.74, 6) is 1.21. The molecule has 98 valence electrons. The van der Waals surface area contributed by atoms with E-state index in [2.05, 4.69) is 5.32 Å². The van der Waals surface area contributed by atoms with E-state index >= 15 is 0 Å². The monoisotopic (exact) mass is 285 g/mol. The number of thioether (sulfide) groups is 1. The van der Waals surface area contributed by atoms with Gasteiger partial charge in [0.2, 0.25) is 5.91 Å². The Bertz CT molecular complexity index is 418. The molecule has 1 aliphatic carbocycles. The summed E-state index contributed by atoms with van der Waals surface area (Å²) in [6, 6.07) is 7.62. The molecule has 1 aliphatic rings. The number of aliphatic hydroxyl groups excluding tert-OH is 1. The first-order chi connectivity index (χ1) is 8.63. The second-order valence-electron chi connectivity index (χ2n) is 4.61. The molecular formula is C13H16ClNO2S. The van der Waals surface area contributed by atoms with Gasteiger partial charge in [-0.2, -0.15) is 0 Å². The third kappa shape index (κ3) is 3.90. The Balaban J connectivity index is 1.69. The number of amides is 1. The van der Waals surface area contributed by atoms with Crippen LogP contribution in [-0.4, -0.2) is 28.9 Å². The van der Waals surface area contributed by atoms with Crippen molar-refractivity contribution < 1.29 is 9.90 Å². The van der Waals surface area contributed by atoms with Gasteiger partial charge in [-0.15, -0.1) is 11.8 Å². The van der Waals surface area contributed by atoms with Crippen molar-refractivity contribution in [1.82, 2.24) is 5.32 Å². The van der Waals surface area contributed by atoms with Crippen LogP contribution in [0.25, 0.3) is 0 Å². The number of rotatable bonds is 6. The van der Waals surface area contributed by atoms with E-state index in [0.717, 1.165) is 29.2 Å². The van der Waals surface area contributed by atoms with Crippen molar-refractivity contribution in [2.75, 3.05) is 12.4 Å². The molecule has 1 fully saturated rings. The van der Waals surface area contributed by atoms with Gasteiger partial charge in [-0.05, 0) is 30.5 Å². The minimum atomic E-state index is -0.308. The molecule has 0 bridgehead atoms. The van der Waals surface area contributed by atoms with E-state index in [1.54, 1.807) is 11.8 Å². The molecule has 3 nitrogen and oxygen atoms in total. The van der Waals surface area contributed by atoms with E-state index in [1.165, 1.54) is 0 Å². The van der Waals surface area contributed by atoms with Gasteiger partial charge in [-0.3, -0.25) is 4.79 Å². The normalized spacial score (nSPS) is 16.3. The molecule has 0 aromatic heterocycles. The molecule has 1 aromatic carbocycles. The zero-order chi connectivity index (χ0) is 13.0. The number of halogens is 1. The van der Waals surface area contributed by atoms with Gasteiger partial charge >= 0.3 is 0 Å². The smallest absolute Gasteiger partial charge is 0.230 e. The zero-order valence-corrected chi connectivity index (χ0v) is 11.6. The maximum atomic E-state index is 11.6. The molecule has 0 saturated heterocycles. The van der Waals surface area contributed by atoms with Crippen molar-refractivity contribution in [3.05, 3.63) is 34.9 Å². The summed E-state index contributed by atoms with van der Waals surface area (Å²) < 4.78 is 0. The van der Waals surface area contributed by atoms with Crippen LogP contribution in [0.4, 0.5) is 0 Å². The number of nitrogens with one attached hydrogen (secondary N) is 1. The Kier molecular flexibility index (Phi) is 4.54. The standard InChI is InChI=1S/C13H16ClNO2S/c14-11-3-1-10(2-4-11)7-18-8-12(17)15-13(9-16)5-6-13/h1-4,16H,5-9H2,(H,15,17). The van der Waals surface area contributed by atoms with E-state index in [1.807, 2.05) is 24.3 Å². The Labute approximate surface area is 116 Å². The van der Waals surface area contributed by atoms with Gasteiger partial charge in [0, 0.05) is 10.8 Å². The lowest BCUT2D eigenvalue weighted by atomic mass is 10.2. The first-order valence-electron chi connectivity index (χ1n) is 5.88. The summed E-state index contributed by atoms with van der Waals surface area (Å²) in [5, 5.41) is 12.7. The second kappa shape index (κ2) is 5.95. The fourth-order valence-electron chi connectivity index (χ4n) is 1.65. The van der Waals surface area contributed by atoms with Crippen LogP contribution in [0.5, 0.6) is 0 Å². The lowest BCUT2D eigenvalue weighted by Gasteiger charge is -2.13. The first-order valence-corrected chi connectivity index (χ1v) is 7.41. The molecule has 0 aliphatic heterocycles. The van der Waals surface area contributed by atoms with Gasteiger partial charge in [-0.25, -0.2) is 0 Å². The fourth-order valence-corrected chi connectivity index (χ4v) is 2.56. The van der Waals surface area contributed by atoms with Gasteiger partial charge in [0.25, 0.3) is 0 Å². The molecular weight excluding hydrogens is 270 g/mol. The van der Waals surface area contributed by atoms with Crippen LogP contribution in [0.3, 0.4) is 0 Å². The van der Waals surface area contributed by atoms with Crippen molar-refractivity contribution in [1.29, 1.82) is 0 Å². The summed E-state index contributed by atoms with van der Waals surface area (Å²) in [4.78, 5) is 11.6. The average Bonchev–Trinajstić information content (AvgIpc) is 3.12. The number of benzene rings is 1. The van der Waals surface area contributed by atoms with Gasteiger partial charge < -0.3 is 10.4 Å². The molecule has 1 aromatic rings. The highest BCUT2D eigenvalue weighted by molar-refractivity contribution is 7.99. The number of hydrogen-bond acceptors (Lipinski definition) is 3. The minimum absolute atomic E-state index is 0.000475. The molecule has 18 heavy (non-hydrogen) atoms. The summed E-state index contributed by atoms with van der Waals surface area (Å²) >= 11 is 7.36. The van der Waals surface area contributed by atoms with Crippen LogP contribution in [0.15, 0.2) is 24.3 Å². The number of carbonyl (C=O) groups excluding carboxylic acids is 1. The van der Waals surface area contributed by atoms with Crippen molar-refractivity contribution in [3.8, 4) is 0 Å². The van der Waals surface area contributed by atoms with Gasteiger partial charge in [0.05, 0.1) is 17.9 Å². The van der Waals surface area contributed by atoms with E-state index < -0.39 is 0 Å². The van der Waals surface area contributed by atoms with Crippen molar-refractivity contribution in [3.63, 3.8) is 0 Å². The SMILES string of the molecule is O=C(CSCc1ccc(Cl)cc1)NC1(CO)CC1. The molecule has 1 amide bonds. The van der Waals surface area contributed by atoms with Gasteiger partial charge in [0.15, 0.2) is 0 Å². The Morgan fingerprint density at radius 2 is 2.06 bits per heavy atom. The Morgan fingerprint density at radius 3 is 2.61 bits per heavy atom. The Hall–Kier alpha value is -0.710. The minimum Gasteiger partial charge on any atom is -0.394 e. The van der Waals surface area contributed by atoms with Crippen LogP contribution in [0, 0.1) is 0 Å². The second-order valence-corrected chi connectivity index (χ2v) is 6.03. The maximum absolute atomic E-state index is 11.6. The van der Waals surface area contributed by atoms with Crippen molar-refractivity contribution in [2.24, 2.45) is 0 Å². The topological polar surface area (TPSA) is 49.3 Å². The Morgan fingerprint density at radius 1 is 1.39 bits per heavy atom. The largest absolute Gasteiger partial charge is 0.394 e. The van der Waals surface area contributed by atoms with Crippen molar-refractivity contribution >= 4 is 29.3 Å². The molecule has 0 radical (unpaired) electrons. The molecule has 2 rings (SSSR count). The predicted molar refractivity (Wildman–Crippen MR) is 74.8 cm³/mol. The molecule has 0 heterocycles. The van der Waals surface area contributed by atoms with E-state index in [0.29, 0.717) is 5.75 Å². The lowest BCUT2D eigenvalue weighted by Crippen LogP contribution is -2.40. The molecule has 1 saturated carbocycles. The van der Waals surface area contributed by atoms with Crippen LogP contribution < -0.4 is 5.32 Å². The summed E-state index contributed by atoms with van der Waals surface area (Å²) in [6.45, 7) is 0.0423. The quantitative estimate of drug-likeness (QED) is 0.843. The van der Waals surface area contributed by atoms with E-state index in [4.69, 9.17) is 16.7 Å². The van der Waals surface area contributed by atoms with Gasteiger partial charge in [0.1, 0.15) is 0 Å². The number of aliphatic hydroxyl groups is 1. The molecule has 0 atom stereocenters. The van der Waals surface area contributed by atoms with Crippen LogP contribution in [-0.2, 0) is 10.5 Å². The predicted octanol–water partition coefficient (Wildman–Crippen LogP) is 2.21. The molecule has 0 unspecified atom stereocenters. The molecule has 0 spiro atoms. The first kappa shape index (κ1) is 13.7. The number of carbonyl (C=O) groups is 1. The van der Waals surface area contributed by atoms with Gasteiger partial charge in [-0.1, -0.05) is 23.7 Å². The highest BCUT2D eigenvalue weighted by Crippen LogP contribution is 2.34. The average molecular weight is 286 g/mol. The van der Waals surface area contributed by atoms with Crippen LogP contribution in [0.2, 0.25) is 5.02 Å². The van der Waals surface area contributed by atoms with Crippen molar-refractivity contribution in [2.45, 2.75) is 24.1 Å². The maximum Gasteiger partial charge on any atom is 0.230 e. The van der Waals surface area contributed by atoms with E-state index in [9.17, 15) is 4.79 Å². The fraction of sp³-hybridized carbons (Fsp3) is 0.462.